The van der Waals surface area contributed by atoms with Crippen LogP contribution in [0.5, 0.6) is 0 Å². The van der Waals surface area contributed by atoms with Gasteiger partial charge in [0.15, 0.2) is 0 Å². The molecule has 0 radical (unpaired) electrons. The molecule has 0 aliphatic heterocycles. The van der Waals surface area contributed by atoms with Gasteiger partial charge < -0.3 is 10.6 Å². The number of carbonyl (C=O) groups excluding carboxylic acids is 2. The van der Waals surface area contributed by atoms with Gasteiger partial charge in [-0.3, -0.25) is 9.59 Å². The third-order valence-electron chi connectivity index (χ3n) is 3.14. The van der Waals surface area contributed by atoms with Crippen molar-refractivity contribution in [2.45, 2.75) is 18.7 Å². The third-order valence-corrected chi connectivity index (χ3v) is 4.16. The van der Waals surface area contributed by atoms with Gasteiger partial charge in [0, 0.05) is 22.2 Å². The number of carbonyl (C=O) groups is 2. The zero-order valence-corrected chi connectivity index (χ0v) is 14.3. The quantitative estimate of drug-likeness (QED) is 0.773. The van der Waals surface area contributed by atoms with Crippen LogP contribution in [0.4, 0.5) is 15.8 Å². The maximum absolute atomic E-state index is 12.8. The van der Waals surface area contributed by atoms with Crippen molar-refractivity contribution < 1.29 is 14.0 Å². The molecule has 0 heterocycles. The molecule has 0 bridgehead atoms. The van der Waals surface area contributed by atoms with Crippen molar-refractivity contribution in [2.75, 3.05) is 16.4 Å². The number of benzene rings is 2. The van der Waals surface area contributed by atoms with E-state index in [0.29, 0.717) is 11.4 Å². The molecule has 2 aromatic carbocycles. The van der Waals surface area contributed by atoms with E-state index >= 15 is 0 Å². The zero-order valence-electron chi connectivity index (χ0n) is 13.5. The second kappa shape index (κ2) is 8.49. The SMILES string of the molecule is CC(C)C(=O)Nc1ccc(NC(=O)CSc2ccc(F)cc2)cc1. The average Bonchev–Trinajstić information content (AvgIpc) is 2.56. The highest BCUT2D eigenvalue weighted by molar-refractivity contribution is 8.00. The highest BCUT2D eigenvalue weighted by Gasteiger charge is 2.08. The Kier molecular flexibility index (Phi) is 6.37. The molecular weight excluding hydrogens is 327 g/mol. The van der Waals surface area contributed by atoms with Crippen molar-refractivity contribution in [3.8, 4) is 0 Å². The highest BCUT2D eigenvalue weighted by atomic mass is 32.2. The van der Waals surface area contributed by atoms with E-state index in [1.165, 1.54) is 23.9 Å². The summed E-state index contributed by atoms with van der Waals surface area (Å²) in [6, 6.07) is 13.0. The summed E-state index contributed by atoms with van der Waals surface area (Å²) in [6.45, 7) is 3.64. The van der Waals surface area contributed by atoms with E-state index in [2.05, 4.69) is 10.6 Å². The molecule has 0 saturated heterocycles. The lowest BCUT2D eigenvalue weighted by molar-refractivity contribution is -0.119. The molecule has 4 nitrogen and oxygen atoms in total. The normalized spacial score (nSPS) is 10.5. The van der Waals surface area contributed by atoms with Gasteiger partial charge in [-0.1, -0.05) is 13.8 Å². The fourth-order valence-corrected chi connectivity index (χ4v) is 2.50. The van der Waals surface area contributed by atoms with Crippen molar-refractivity contribution in [3.63, 3.8) is 0 Å². The molecule has 2 aromatic rings. The highest BCUT2D eigenvalue weighted by Crippen LogP contribution is 2.19. The van der Waals surface area contributed by atoms with Crippen LogP contribution in [0.15, 0.2) is 53.4 Å². The van der Waals surface area contributed by atoms with Crippen LogP contribution in [0.2, 0.25) is 0 Å². The van der Waals surface area contributed by atoms with Crippen LogP contribution in [0.3, 0.4) is 0 Å². The Morgan fingerprint density at radius 1 is 0.958 bits per heavy atom. The van der Waals surface area contributed by atoms with Gasteiger partial charge in [-0.05, 0) is 48.5 Å². The third kappa shape index (κ3) is 5.70. The number of amides is 2. The van der Waals surface area contributed by atoms with Gasteiger partial charge in [0.2, 0.25) is 11.8 Å². The average molecular weight is 346 g/mol. The minimum absolute atomic E-state index is 0.0533. The maximum Gasteiger partial charge on any atom is 0.234 e. The number of thioether (sulfide) groups is 1. The predicted octanol–water partition coefficient (Wildman–Crippen LogP) is 4.15. The Morgan fingerprint density at radius 3 is 2.04 bits per heavy atom. The van der Waals surface area contributed by atoms with Gasteiger partial charge in [-0.2, -0.15) is 0 Å². The first-order valence-electron chi connectivity index (χ1n) is 7.53. The van der Waals surface area contributed by atoms with Gasteiger partial charge in [-0.15, -0.1) is 11.8 Å². The van der Waals surface area contributed by atoms with Crippen molar-refractivity contribution in [1.29, 1.82) is 0 Å². The van der Waals surface area contributed by atoms with E-state index in [1.54, 1.807) is 36.4 Å². The molecule has 2 amide bonds. The first-order valence-corrected chi connectivity index (χ1v) is 8.52. The lowest BCUT2D eigenvalue weighted by Gasteiger charge is -2.09. The Hall–Kier alpha value is -2.34. The molecule has 0 saturated carbocycles. The number of rotatable bonds is 6. The topological polar surface area (TPSA) is 58.2 Å². The van der Waals surface area contributed by atoms with Crippen molar-refractivity contribution in [1.82, 2.24) is 0 Å². The Bertz CT molecular complexity index is 700. The van der Waals surface area contributed by atoms with Crippen LogP contribution in [0, 0.1) is 11.7 Å². The maximum atomic E-state index is 12.8. The van der Waals surface area contributed by atoms with E-state index in [1.807, 2.05) is 13.8 Å². The lowest BCUT2D eigenvalue weighted by atomic mass is 10.2. The second-order valence-electron chi connectivity index (χ2n) is 5.51. The Balaban J connectivity index is 1.83. The van der Waals surface area contributed by atoms with E-state index in [9.17, 15) is 14.0 Å². The first kappa shape index (κ1) is 18.0. The standard InChI is InChI=1S/C18H19FN2O2S/c1-12(2)18(23)21-15-7-5-14(6-8-15)20-17(22)11-24-16-9-3-13(19)4-10-16/h3-10,12H,11H2,1-2H3,(H,20,22)(H,21,23). The predicted molar refractivity (Wildman–Crippen MR) is 95.7 cm³/mol. The molecule has 0 aliphatic carbocycles. The number of hydrogen-bond donors (Lipinski definition) is 2. The fourth-order valence-electron chi connectivity index (χ4n) is 1.80. The van der Waals surface area contributed by atoms with Crippen LogP contribution in [-0.2, 0) is 9.59 Å². The molecule has 0 atom stereocenters. The molecule has 0 spiro atoms. The largest absolute Gasteiger partial charge is 0.326 e. The second-order valence-corrected chi connectivity index (χ2v) is 6.56. The smallest absolute Gasteiger partial charge is 0.234 e. The van der Waals surface area contributed by atoms with E-state index < -0.39 is 0 Å². The molecule has 0 fully saturated rings. The van der Waals surface area contributed by atoms with Crippen molar-refractivity contribution >= 4 is 35.0 Å². The zero-order chi connectivity index (χ0) is 17.5. The fraction of sp³-hybridized carbons (Fsp3) is 0.222. The first-order chi connectivity index (χ1) is 11.4. The van der Waals surface area contributed by atoms with Gasteiger partial charge in [0.1, 0.15) is 5.82 Å². The van der Waals surface area contributed by atoms with Crippen molar-refractivity contribution in [2.24, 2.45) is 5.92 Å². The molecule has 0 aliphatic rings. The molecule has 0 aromatic heterocycles. The van der Waals surface area contributed by atoms with Crippen LogP contribution < -0.4 is 10.6 Å². The van der Waals surface area contributed by atoms with Crippen LogP contribution in [-0.4, -0.2) is 17.6 Å². The van der Waals surface area contributed by atoms with Gasteiger partial charge in [0.05, 0.1) is 5.75 Å². The molecule has 0 unspecified atom stereocenters. The van der Waals surface area contributed by atoms with Crippen LogP contribution in [0.1, 0.15) is 13.8 Å². The van der Waals surface area contributed by atoms with Crippen LogP contribution in [0.25, 0.3) is 0 Å². The summed E-state index contributed by atoms with van der Waals surface area (Å²) in [6.07, 6.45) is 0. The molecule has 6 heteroatoms. The molecule has 2 N–H and O–H groups in total. The summed E-state index contributed by atoms with van der Waals surface area (Å²) < 4.78 is 12.8. The number of anilines is 2. The lowest BCUT2D eigenvalue weighted by Crippen LogP contribution is -2.18. The summed E-state index contributed by atoms with van der Waals surface area (Å²) in [5.41, 5.74) is 1.34. The molecule has 126 valence electrons. The van der Waals surface area contributed by atoms with E-state index in [0.717, 1.165) is 4.90 Å². The molecule has 2 rings (SSSR count). The number of hydrogen-bond acceptors (Lipinski definition) is 3. The van der Waals surface area contributed by atoms with Crippen LogP contribution >= 0.6 is 11.8 Å². The summed E-state index contributed by atoms with van der Waals surface area (Å²) in [4.78, 5) is 24.4. The summed E-state index contributed by atoms with van der Waals surface area (Å²) >= 11 is 1.34. The van der Waals surface area contributed by atoms with Crippen molar-refractivity contribution in [3.05, 3.63) is 54.3 Å². The van der Waals surface area contributed by atoms with Gasteiger partial charge >= 0.3 is 0 Å². The minimum atomic E-state index is -0.298. The summed E-state index contributed by atoms with van der Waals surface area (Å²) in [5, 5.41) is 5.57. The Labute approximate surface area is 144 Å². The molecular formula is C18H19FN2O2S. The molecule has 24 heavy (non-hydrogen) atoms. The summed E-state index contributed by atoms with van der Waals surface area (Å²) in [7, 11) is 0. The number of halogens is 1. The number of nitrogens with one attached hydrogen (secondary N) is 2. The minimum Gasteiger partial charge on any atom is -0.326 e. The van der Waals surface area contributed by atoms with E-state index in [4.69, 9.17) is 0 Å². The van der Waals surface area contributed by atoms with Gasteiger partial charge in [-0.25, -0.2) is 4.39 Å². The Morgan fingerprint density at radius 2 is 1.50 bits per heavy atom. The monoisotopic (exact) mass is 346 g/mol. The van der Waals surface area contributed by atoms with Gasteiger partial charge in [0.25, 0.3) is 0 Å². The van der Waals surface area contributed by atoms with E-state index in [-0.39, 0.29) is 29.3 Å². The summed E-state index contributed by atoms with van der Waals surface area (Å²) in [5.74, 6) is -0.357.